The molecule has 0 aliphatic heterocycles. The van der Waals surface area contributed by atoms with Gasteiger partial charge in [-0.2, -0.15) is 0 Å². The molecule has 2 nitrogen and oxygen atoms in total. The Bertz CT molecular complexity index is 206. The molecular weight excluding hydrogens is 152 g/mol. The Kier molecular flexibility index (Phi) is 2.68. The molecule has 0 fully saturated rings. The SMILES string of the molecule is CC(C)[C@@]1(CO)C=CC(=O)CC1. The summed E-state index contributed by atoms with van der Waals surface area (Å²) < 4.78 is 0. The van der Waals surface area contributed by atoms with E-state index in [0.717, 1.165) is 6.42 Å². The van der Waals surface area contributed by atoms with Crippen molar-refractivity contribution in [2.45, 2.75) is 26.7 Å². The monoisotopic (exact) mass is 168 g/mol. The van der Waals surface area contributed by atoms with Crippen LogP contribution in [-0.2, 0) is 4.79 Å². The fraction of sp³-hybridized carbons (Fsp3) is 0.700. The molecule has 68 valence electrons. The molecule has 0 radical (unpaired) electrons. The molecule has 0 bridgehead atoms. The van der Waals surface area contributed by atoms with E-state index >= 15 is 0 Å². The Morgan fingerprint density at radius 1 is 1.67 bits per heavy atom. The van der Waals surface area contributed by atoms with Gasteiger partial charge in [0.05, 0.1) is 6.61 Å². The number of aliphatic hydroxyl groups is 1. The summed E-state index contributed by atoms with van der Waals surface area (Å²) in [5.74, 6) is 0.576. The van der Waals surface area contributed by atoms with Crippen LogP contribution in [0.3, 0.4) is 0 Å². The van der Waals surface area contributed by atoms with E-state index in [0.29, 0.717) is 12.3 Å². The molecule has 1 aliphatic carbocycles. The summed E-state index contributed by atoms with van der Waals surface area (Å²) in [7, 11) is 0. The first kappa shape index (κ1) is 9.46. The molecule has 1 aliphatic rings. The van der Waals surface area contributed by atoms with Gasteiger partial charge in [0, 0.05) is 11.8 Å². The van der Waals surface area contributed by atoms with Gasteiger partial charge in [-0.05, 0) is 18.4 Å². The Labute approximate surface area is 73.3 Å². The van der Waals surface area contributed by atoms with Crippen molar-refractivity contribution >= 4 is 5.78 Å². The van der Waals surface area contributed by atoms with Crippen LogP contribution < -0.4 is 0 Å². The minimum absolute atomic E-state index is 0.145. The predicted molar refractivity (Wildman–Crippen MR) is 47.7 cm³/mol. The second-order valence-electron chi connectivity index (χ2n) is 3.85. The molecule has 1 N–H and O–H groups in total. The van der Waals surface area contributed by atoms with Crippen molar-refractivity contribution in [3.8, 4) is 0 Å². The molecule has 0 spiro atoms. The zero-order valence-corrected chi connectivity index (χ0v) is 7.71. The maximum Gasteiger partial charge on any atom is 0.155 e. The van der Waals surface area contributed by atoms with Crippen LogP contribution in [0.4, 0.5) is 0 Å². The quantitative estimate of drug-likeness (QED) is 0.679. The van der Waals surface area contributed by atoms with E-state index in [1.54, 1.807) is 6.08 Å². The maximum absolute atomic E-state index is 10.9. The van der Waals surface area contributed by atoms with E-state index in [2.05, 4.69) is 13.8 Å². The van der Waals surface area contributed by atoms with Crippen molar-refractivity contribution in [1.29, 1.82) is 0 Å². The minimum Gasteiger partial charge on any atom is -0.395 e. The molecule has 0 saturated heterocycles. The van der Waals surface area contributed by atoms with Crippen molar-refractivity contribution in [2.24, 2.45) is 11.3 Å². The number of carbonyl (C=O) groups excluding carboxylic acids is 1. The van der Waals surface area contributed by atoms with Gasteiger partial charge in [-0.15, -0.1) is 0 Å². The van der Waals surface area contributed by atoms with Gasteiger partial charge in [0.25, 0.3) is 0 Å². The molecule has 0 heterocycles. The summed E-state index contributed by atoms with van der Waals surface area (Å²) in [6.45, 7) is 4.31. The largest absolute Gasteiger partial charge is 0.395 e. The number of rotatable bonds is 2. The highest BCUT2D eigenvalue weighted by Crippen LogP contribution is 2.36. The van der Waals surface area contributed by atoms with E-state index < -0.39 is 0 Å². The summed E-state index contributed by atoms with van der Waals surface area (Å²) in [5, 5.41) is 9.24. The van der Waals surface area contributed by atoms with Crippen molar-refractivity contribution in [2.75, 3.05) is 6.61 Å². The van der Waals surface area contributed by atoms with Crippen LogP contribution >= 0.6 is 0 Å². The fourth-order valence-corrected chi connectivity index (χ4v) is 1.58. The normalized spacial score (nSPS) is 29.8. The topological polar surface area (TPSA) is 37.3 Å². The molecule has 0 aromatic heterocycles. The smallest absolute Gasteiger partial charge is 0.155 e. The van der Waals surface area contributed by atoms with Gasteiger partial charge in [0.2, 0.25) is 0 Å². The molecule has 0 saturated carbocycles. The van der Waals surface area contributed by atoms with E-state index in [1.807, 2.05) is 6.08 Å². The van der Waals surface area contributed by atoms with E-state index in [9.17, 15) is 9.90 Å². The lowest BCUT2D eigenvalue weighted by molar-refractivity contribution is -0.116. The molecule has 0 amide bonds. The lowest BCUT2D eigenvalue weighted by Crippen LogP contribution is -2.32. The van der Waals surface area contributed by atoms with Gasteiger partial charge >= 0.3 is 0 Å². The second-order valence-corrected chi connectivity index (χ2v) is 3.85. The highest BCUT2D eigenvalue weighted by Gasteiger charge is 2.32. The summed E-state index contributed by atoms with van der Waals surface area (Å²) in [6.07, 6.45) is 4.86. The molecule has 2 heteroatoms. The van der Waals surface area contributed by atoms with Gasteiger partial charge in [-0.25, -0.2) is 0 Å². The number of carbonyl (C=O) groups is 1. The Hall–Kier alpha value is -0.630. The first-order valence-corrected chi connectivity index (χ1v) is 4.44. The third kappa shape index (κ3) is 1.58. The number of ketones is 1. The lowest BCUT2D eigenvalue weighted by Gasteiger charge is -2.34. The first-order chi connectivity index (χ1) is 5.60. The van der Waals surface area contributed by atoms with E-state index in [1.165, 1.54) is 0 Å². The standard InChI is InChI=1S/C10H16O2/c1-8(2)10(7-11)5-3-9(12)4-6-10/h3,5,8,11H,4,6-7H2,1-2H3/t10-/m0/s1. The highest BCUT2D eigenvalue weighted by atomic mass is 16.3. The van der Waals surface area contributed by atoms with E-state index in [-0.39, 0.29) is 17.8 Å². The Morgan fingerprint density at radius 3 is 2.67 bits per heavy atom. The minimum atomic E-state index is -0.145. The van der Waals surface area contributed by atoms with Gasteiger partial charge in [-0.3, -0.25) is 4.79 Å². The average molecular weight is 168 g/mol. The van der Waals surface area contributed by atoms with Crippen LogP contribution in [0.5, 0.6) is 0 Å². The summed E-state index contributed by atoms with van der Waals surface area (Å²) >= 11 is 0. The lowest BCUT2D eigenvalue weighted by atomic mass is 9.71. The summed E-state index contributed by atoms with van der Waals surface area (Å²) in [5.41, 5.74) is -0.145. The zero-order chi connectivity index (χ0) is 9.19. The van der Waals surface area contributed by atoms with Crippen molar-refractivity contribution in [1.82, 2.24) is 0 Å². The molecular formula is C10H16O2. The van der Waals surface area contributed by atoms with Crippen LogP contribution in [0.15, 0.2) is 12.2 Å². The second kappa shape index (κ2) is 3.40. The van der Waals surface area contributed by atoms with Gasteiger partial charge in [0.15, 0.2) is 5.78 Å². The molecule has 12 heavy (non-hydrogen) atoms. The van der Waals surface area contributed by atoms with Crippen LogP contribution in [0.2, 0.25) is 0 Å². The summed E-state index contributed by atoms with van der Waals surface area (Å²) in [6, 6.07) is 0. The molecule has 0 aromatic rings. The third-order valence-electron chi connectivity index (χ3n) is 2.88. The van der Waals surface area contributed by atoms with Gasteiger partial charge in [-0.1, -0.05) is 19.9 Å². The average Bonchev–Trinajstić information content (AvgIpc) is 2.06. The van der Waals surface area contributed by atoms with Crippen molar-refractivity contribution in [3.63, 3.8) is 0 Å². The number of allylic oxidation sites excluding steroid dienone is 1. The van der Waals surface area contributed by atoms with E-state index in [4.69, 9.17) is 0 Å². The summed E-state index contributed by atoms with van der Waals surface area (Å²) in [4.78, 5) is 10.9. The molecule has 1 rings (SSSR count). The first-order valence-electron chi connectivity index (χ1n) is 4.44. The molecule has 0 unspecified atom stereocenters. The van der Waals surface area contributed by atoms with Crippen LogP contribution in [-0.4, -0.2) is 17.5 Å². The number of hydrogen-bond donors (Lipinski definition) is 1. The van der Waals surface area contributed by atoms with Gasteiger partial charge < -0.3 is 5.11 Å². The fourth-order valence-electron chi connectivity index (χ4n) is 1.58. The van der Waals surface area contributed by atoms with Crippen LogP contribution in [0.1, 0.15) is 26.7 Å². The van der Waals surface area contributed by atoms with Gasteiger partial charge in [0.1, 0.15) is 0 Å². The van der Waals surface area contributed by atoms with Crippen LogP contribution in [0.25, 0.3) is 0 Å². The number of hydrogen-bond acceptors (Lipinski definition) is 2. The molecule has 0 aromatic carbocycles. The Morgan fingerprint density at radius 2 is 2.33 bits per heavy atom. The third-order valence-corrected chi connectivity index (χ3v) is 2.88. The van der Waals surface area contributed by atoms with Crippen LogP contribution in [0, 0.1) is 11.3 Å². The Balaban J connectivity index is 2.82. The zero-order valence-electron chi connectivity index (χ0n) is 7.71. The maximum atomic E-state index is 10.9. The number of aliphatic hydroxyl groups excluding tert-OH is 1. The van der Waals surface area contributed by atoms with Crippen molar-refractivity contribution in [3.05, 3.63) is 12.2 Å². The van der Waals surface area contributed by atoms with Crippen molar-refractivity contribution < 1.29 is 9.90 Å². The highest BCUT2D eigenvalue weighted by molar-refractivity contribution is 5.90. The predicted octanol–water partition coefficient (Wildman–Crippen LogP) is 1.54. The molecule has 1 atom stereocenters.